The Morgan fingerprint density at radius 3 is 2.70 bits per heavy atom. The molecular formula is C16H20FNO2. The SMILES string of the molecule is CC(=O)c1ccc(F)cc1OCCCCC(C)(C)C#N. The highest BCUT2D eigenvalue weighted by atomic mass is 19.1. The summed E-state index contributed by atoms with van der Waals surface area (Å²) >= 11 is 0. The van der Waals surface area contributed by atoms with E-state index in [1.54, 1.807) is 0 Å². The first-order chi connectivity index (χ1) is 9.35. The van der Waals surface area contributed by atoms with Crippen LogP contribution in [0.15, 0.2) is 18.2 Å². The Morgan fingerprint density at radius 1 is 1.40 bits per heavy atom. The number of carbonyl (C=O) groups excluding carboxylic acids is 1. The minimum Gasteiger partial charge on any atom is -0.493 e. The van der Waals surface area contributed by atoms with Gasteiger partial charge in [-0.3, -0.25) is 4.79 Å². The first-order valence-electron chi connectivity index (χ1n) is 6.70. The maximum Gasteiger partial charge on any atom is 0.163 e. The van der Waals surface area contributed by atoms with Gasteiger partial charge in [0.15, 0.2) is 5.78 Å². The molecule has 0 atom stereocenters. The molecule has 0 saturated carbocycles. The summed E-state index contributed by atoms with van der Waals surface area (Å²) in [6, 6.07) is 6.16. The largest absolute Gasteiger partial charge is 0.493 e. The third kappa shape index (κ3) is 5.00. The van der Waals surface area contributed by atoms with Gasteiger partial charge in [0, 0.05) is 6.07 Å². The minimum absolute atomic E-state index is 0.148. The fourth-order valence-corrected chi connectivity index (χ4v) is 1.81. The monoisotopic (exact) mass is 277 g/mol. The van der Waals surface area contributed by atoms with Gasteiger partial charge in [-0.05, 0) is 52.2 Å². The number of hydrogen-bond acceptors (Lipinski definition) is 3. The van der Waals surface area contributed by atoms with Gasteiger partial charge in [-0.25, -0.2) is 4.39 Å². The van der Waals surface area contributed by atoms with Gasteiger partial charge >= 0.3 is 0 Å². The molecule has 1 aromatic carbocycles. The summed E-state index contributed by atoms with van der Waals surface area (Å²) in [5.74, 6) is -0.279. The zero-order chi connectivity index (χ0) is 15.2. The van der Waals surface area contributed by atoms with Gasteiger partial charge in [0.25, 0.3) is 0 Å². The van der Waals surface area contributed by atoms with Gasteiger partial charge in [0.2, 0.25) is 0 Å². The second kappa shape index (κ2) is 7.04. The highest BCUT2D eigenvalue weighted by molar-refractivity contribution is 5.96. The zero-order valence-corrected chi connectivity index (χ0v) is 12.2. The van der Waals surface area contributed by atoms with Crippen LogP contribution in [0.1, 0.15) is 50.4 Å². The van der Waals surface area contributed by atoms with E-state index >= 15 is 0 Å². The quantitative estimate of drug-likeness (QED) is 0.556. The highest BCUT2D eigenvalue weighted by Crippen LogP contribution is 2.23. The van der Waals surface area contributed by atoms with Crippen LogP contribution in [0.3, 0.4) is 0 Å². The van der Waals surface area contributed by atoms with Crippen molar-refractivity contribution in [2.75, 3.05) is 6.61 Å². The van der Waals surface area contributed by atoms with E-state index in [-0.39, 0.29) is 16.9 Å². The number of ketones is 1. The van der Waals surface area contributed by atoms with Crippen molar-refractivity contribution in [1.29, 1.82) is 5.26 Å². The second-order valence-electron chi connectivity index (χ2n) is 5.50. The molecule has 0 aliphatic heterocycles. The van der Waals surface area contributed by atoms with E-state index in [1.807, 2.05) is 13.8 Å². The van der Waals surface area contributed by atoms with E-state index in [2.05, 4.69) is 6.07 Å². The molecule has 0 heterocycles. The van der Waals surface area contributed by atoms with E-state index in [1.165, 1.54) is 25.1 Å². The number of nitriles is 1. The predicted molar refractivity (Wildman–Crippen MR) is 75.1 cm³/mol. The Balaban J connectivity index is 2.49. The van der Waals surface area contributed by atoms with Crippen LogP contribution in [-0.4, -0.2) is 12.4 Å². The van der Waals surface area contributed by atoms with Gasteiger partial charge in [-0.2, -0.15) is 5.26 Å². The summed E-state index contributed by atoms with van der Waals surface area (Å²) in [5.41, 5.74) is 0.0624. The number of benzene rings is 1. The molecule has 1 aromatic rings. The standard InChI is InChI=1S/C16H20FNO2/c1-12(19)14-7-6-13(17)10-15(14)20-9-5-4-8-16(2,3)11-18/h6-7,10H,4-5,8-9H2,1-3H3. The Labute approximate surface area is 119 Å². The maximum atomic E-state index is 13.2. The molecule has 4 heteroatoms. The molecule has 0 spiro atoms. The third-order valence-corrected chi connectivity index (χ3v) is 3.08. The van der Waals surface area contributed by atoms with Gasteiger partial charge in [0.05, 0.1) is 23.7 Å². The van der Waals surface area contributed by atoms with Crippen molar-refractivity contribution >= 4 is 5.78 Å². The molecule has 0 saturated heterocycles. The van der Waals surface area contributed by atoms with Crippen LogP contribution in [0.5, 0.6) is 5.75 Å². The number of ether oxygens (including phenoxy) is 1. The van der Waals surface area contributed by atoms with Crippen LogP contribution >= 0.6 is 0 Å². The number of Topliss-reactive ketones (excluding diaryl/α,β-unsaturated/α-hetero) is 1. The number of halogens is 1. The van der Waals surface area contributed by atoms with Crippen molar-refractivity contribution in [3.05, 3.63) is 29.6 Å². The molecule has 0 fully saturated rings. The van der Waals surface area contributed by atoms with E-state index in [0.29, 0.717) is 12.2 Å². The van der Waals surface area contributed by atoms with Crippen molar-refractivity contribution in [2.24, 2.45) is 5.41 Å². The van der Waals surface area contributed by atoms with E-state index < -0.39 is 5.82 Å². The molecule has 0 unspecified atom stereocenters. The lowest BCUT2D eigenvalue weighted by molar-refractivity contribution is 0.101. The van der Waals surface area contributed by atoms with Gasteiger partial charge in [0.1, 0.15) is 11.6 Å². The Hall–Kier alpha value is -1.89. The first-order valence-corrected chi connectivity index (χ1v) is 6.70. The number of nitrogens with zero attached hydrogens (tertiary/aromatic N) is 1. The summed E-state index contributed by atoms with van der Waals surface area (Å²) in [6.45, 7) is 5.63. The fourth-order valence-electron chi connectivity index (χ4n) is 1.81. The Bertz CT molecular complexity index is 518. The molecule has 0 aliphatic rings. The number of hydrogen-bond donors (Lipinski definition) is 0. The molecule has 0 N–H and O–H groups in total. The molecule has 0 aromatic heterocycles. The van der Waals surface area contributed by atoms with Crippen LogP contribution in [0.25, 0.3) is 0 Å². The number of unbranched alkanes of at least 4 members (excludes halogenated alkanes) is 1. The van der Waals surface area contributed by atoms with Crippen molar-refractivity contribution in [3.8, 4) is 11.8 Å². The van der Waals surface area contributed by atoms with Gasteiger partial charge in [-0.1, -0.05) is 0 Å². The molecule has 1 rings (SSSR count). The van der Waals surface area contributed by atoms with E-state index in [0.717, 1.165) is 19.3 Å². The summed E-state index contributed by atoms with van der Waals surface area (Å²) in [4.78, 5) is 11.4. The summed E-state index contributed by atoms with van der Waals surface area (Å²) in [6.07, 6.45) is 2.40. The molecule has 0 aliphatic carbocycles. The van der Waals surface area contributed by atoms with Crippen molar-refractivity contribution in [3.63, 3.8) is 0 Å². The predicted octanol–water partition coefficient (Wildman–Crippen LogP) is 4.13. The van der Waals surface area contributed by atoms with Crippen LogP contribution < -0.4 is 4.74 Å². The lowest BCUT2D eigenvalue weighted by atomic mass is 9.89. The van der Waals surface area contributed by atoms with Crippen LogP contribution in [-0.2, 0) is 0 Å². The van der Waals surface area contributed by atoms with E-state index in [4.69, 9.17) is 10.00 Å². The third-order valence-electron chi connectivity index (χ3n) is 3.08. The topological polar surface area (TPSA) is 50.1 Å². The Morgan fingerprint density at radius 2 is 2.10 bits per heavy atom. The van der Waals surface area contributed by atoms with Crippen LogP contribution in [0.4, 0.5) is 4.39 Å². The Kier molecular flexibility index (Phi) is 5.69. The number of carbonyl (C=O) groups is 1. The van der Waals surface area contributed by atoms with Crippen LogP contribution in [0, 0.1) is 22.6 Å². The normalized spacial score (nSPS) is 10.9. The lowest BCUT2D eigenvalue weighted by Crippen LogP contribution is -2.09. The molecular weight excluding hydrogens is 257 g/mol. The van der Waals surface area contributed by atoms with Crippen LogP contribution in [0.2, 0.25) is 0 Å². The molecule has 3 nitrogen and oxygen atoms in total. The van der Waals surface area contributed by atoms with Crippen molar-refractivity contribution < 1.29 is 13.9 Å². The molecule has 0 radical (unpaired) electrons. The average molecular weight is 277 g/mol. The molecule has 20 heavy (non-hydrogen) atoms. The maximum absolute atomic E-state index is 13.2. The minimum atomic E-state index is -0.421. The first kappa shape index (κ1) is 16.2. The second-order valence-corrected chi connectivity index (χ2v) is 5.50. The zero-order valence-electron chi connectivity index (χ0n) is 12.2. The van der Waals surface area contributed by atoms with Crippen molar-refractivity contribution in [2.45, 2.75) is 40.0 Å². The summed E-state index contributed by atoms with van der Waals surface area (Å²) < 4.78 is 18.6. The van der Waals surface area contributed by atoms with Gasteiger partial charge < -0.3 is 4.74 Å². The summed E-state index contributed by atoms with van der Waals surface area (Å²) in [5, 5.41) is 8.90. The molecule has 0 bridgehead atoms. The lowest BCUT2D eigenvalue weighted by Gasteiger charge is -2.15. The van der Waals surface area contributed by atoms with Gasteiger partial charge in [-0.15, -0.1) is 0 Å². The van der Waals surface area contributed by atoms with Crippen molar-refractivity contribution in [1.82, 2.24) is 0 Å². The molecule has 0 amide bonds. The van der Waals surface area contributed by atoms with E-state index in [9.17, 15) is 9.18 Å². The smallest absolute Gasteiger partial charge is 0.163 e. The summed E-state index contributed by atoms with van der Waals surface area (Å²) in [7, 11) is 0. The number of rotatable bonds is 7. The molecule has 108 valence electrons. The fraction of sp³-hybridized carbons (Fsp3) is 0.500. The average Bonchev–Trinajstić information content (AvgIpc) is 2.38. The highest BCUT2D eigenvalue weighted by Gasteiger charge is 2.15.